The van der Waals surface area contributed by atoms with Gasteiger partial charge in [-0.3, -0.25) is 4.79 Å². The third kappa shape index (κ3) is 3.89. The minimum atomic E-state index is -3.55. The molecule has 0 aliphatic heterocycles. The zero-order chi connectivity index (χ0) is 23.0. The number of halogens is 2. The molecule has 0 atom stereocenters. The van der Waals surface area contributed by atoms with Crippen molar-refractivity contribution >= 4 is 20.6 Å². The van der Waals surface area contributed by atoms with E-state index in [1.54, 1.807) is 37.5 Å². The normalized spacial score (nSPS) is 11.6. The van der Waals surface area contributed by atoms with E-state index in [1.165, 1.54) is 29.7 Å². The Bertz CT molecular complexity index is 1510. The van der Waals surface area contributed by atoms with Gasteiger partial charge in [-0.05, 0) is 41.8 Å². The van der Waals surface area contributed by atoms with Crippen molar-refractivity contribution in [2.45, 2.75) is 11.8 Å². The van der Waals surface area contributed by atoms with Crippen LogP contribution in [-0.4, -0.2) is 18.7 Å². The highest BCUT2D eigenvalue weighted by atomic mass is 32.2. The van der Waals surface area contributed by atoms with Gasteiger partial charge in [0.05, 0.1) is 10.6 Å². The molecule has 5 nitrogen and oxygen atoms in total. The van der Waals surface area contributed by atoms with E-state index < -0.39 is 21.5 Å². The van der Waals surface area contributed by atoms with Crippen molar-refractivity contribution in [1.82, 2.24) is 4.57 Å². The SMILES string of the molecule is CCS(=O)(=O)c1ccc(Oc2ccc(F)cc2F)c(-c2cn(C)c(=O)c3ccccc23)c1. The summed E-state index contributed by atoms with van der Waals surface area (Å²) in [4.78, 5) is 12.7. The Morgan fingerprint density at radius 3 is 2.28 bits per heavy atom. The smallest absolute Gasteiger partial charge is 0.258 e. The van der Waals surface area contributed by atoms with Crippen LogP contribution in [-0.2, 0) is 16.9 Å². The standard InChI is InChI=1S/C24H19F2NO4S/c1-3-32(29,30)16-9-11-22(31-23-10-8-15(25)12-21(23)26)19(13-16)20-14-27(2)24(28)18-7-5-4-6-17(18)20/h4-14H,3H2,1-2H3. The van der Waals surface area contributed by atoms with E-state index in [4.69, 9.17) is 4.74 Å². The third-order valence-electron chi connectivity index (χ3n) is 5.18. The van der Waals surface area contributed by atoms with Crippen molar-refractivity contribution < 1.29 is 21.9 Å². The summed E-state index contributed by atoms with van der Waals surface area (Å²) in [6.45, 7) is 1.54. The number of aryl methyl sites for hydroxylation is 1. The van der Waals surface area contributed by atoms with Crippen molar-refractivity contribution in [2.75, 3.05) is 5.75 Å². The van der Waals surface area contributed by atoms with Crippen LogP contribution in [0.3, 0.4) is 0 Å². The molecule has 0 amide bonds. The first-order chi connectivity index (χ1) is 15.2. The number of ether oxygens (including phenoxy) is 1. The molecule has 0 radical (unpaired) electrons. The number of rotatable bonds is 5. The Labute approximate surface area is 183 Å². The Morgan fingerprint density at radius 1 is 0.906 bits per heavy atom. The quantitative estimate of drug-likeness (QED) is 0.422. The maximum Gasteiger partial charge on any atom is 0.258 e. The highest BCUT2D eigenvalue weighted by Crippen LogP contribution is 2.38. The van der Waals surface area contributed by atoms with E-state index in [9.17, 15) is 22.0 Å². The second kappa shape index (κ2) is 8.20. The molecule has 8 heteroatoms. The summed E-state index contributed by atoms with van der Waals surface area (Å²) in [6.07, 6.45) is 1.58. The molecule has 0 unspecified atom stereocenters. The second-order valence-corrected chi connectivity index (χ2v) is 9.52. The lowest BCUT2D eigenvalue weighted by atomic mass is 10.00. The lowest BCUT2D eigenvalue weighted by Gasteiger charge is -2.16. The Balaban J connectivity index is 2.01. The van der Waals surface area contributed by atoms with Crippen LogP contribution >= 0.6 is 0 Å². The zero-order valence-electron chi connectivity index (χ0n) is 17.3. The fraction of sp³-hybridized carbons (Fsp3) is 0.125. The summed E-state index contributed by atoms with van der Waals surface area (Å²) in [5, 5.41) is 1.03. The summed E-state index contributed by atoms with van der Waals surface area (Å²) in [5.41, 5.74) is 0.678. The molecule has 0 fully saturated rings. The van der Waals surface area contributed by atoms with Gasteiger partial charge in [-0.2, -0.15) is 0 Å². The van der Waals surface area contributed by atoms with Crippen LogP contribution in [0, 0.1) is 11.6 Å². The van der Waals surface area contributed by atoms with Crippen LogP contribution in [0.1, 0.15) is 6.92 Å². The molecule has 32 heavy (non-hydrogen) atoms. The van der Waals surface area contributed by atoms with E-state index in [0.29, 0.717) is 28.0 Å². The molecule has 1 heterocycles. The average molecular weight is 455 g/mol. The first-order valence-electron chi connectivity index (χ1n) is 9.79. The first kappa shape index (κ1) is 21.7. The predicted octanol–water partition coefficient (Wildman–Crippen LogP) is 5.07. The highest BCUT2D eigenvalue weighted by Gasteiger charge is 2.20. The van der Waals surface area contributed by atoms with Crippen LogP contribution < -0.4 is 10.3 Å². The number of nitrogens with zero attached hydrogens (tertiary/aromatic N) is 1. The van der Waals surface area contributed by atoms with Crippen LogP contribution in [0.5, 0.6) is 11.5 Å². The van der Waals surface area contributed by atoms with Crippen molar-refractivity contribution in [2.24, 2.45) is 7.05 Å². The van der Waals surface area contributed by atoms with Gasteiger partial charge in [-0.25, -0.2) is 17.2 Å². The average Bonchev–Trinajstić information content (AvgIpc) is 2.78. The molecule has 0 N–H and O–H groups in total. The fourth-order valence-corrected chi connectivity index (χ4v) is 4.38. The number of pyridine rings is 1. The summed E-state index contributed by atoms with van der Waals surface area (Å²) >= 11 is 0. The largest absolute Gasteiger partial charge is 0.454 e. The molecule has 1 aromatic heterocycles. The molecule has 4 aromatic rings. The van der Waals surface area contributed by atoms with Gasteiger partial charge in [0.2, 0.25) is 0 Å². The minimum absolute atomic E-state index is 0.0693. The predicted molar refractivity (Wildman–Crippen MR) is 119 cm³/mol. The van der Waals surface area contributed by atoms with Gasteiger partial charge < -0.3 is 9.30 Å². The molecule has 0 aliphatic rings. The highest BCUT2D eigenvalue weighted by molar-refractivity contribution is 7.91. The molecule has 0 bridgehead atoms. The van der Waals surface area contributed by atoms with Gasteiger partial charge in [-0.1, -0.05) is 25.1 Å². The van der Waals surface area contributed by atoms with Gasteiger partial charge in [0, 0.05) is 35.8 Å². The summed E-state index contributed by atoms with van der Waals surface area (Å²) < 4.78 is 59.8. The number of hydrogen-bond acceptors (Lipinski definition) is 4. The number of benzene rings is 3. The monoisotopic (exact) mass is 455 g/mol. The maximum absolute atomic E-state index is 14.3. The topological polar surface area (TPSA) is 65.4 Å². The Hall–Kier alpha value is -3.52. The van der Waals surface area contributed by atoms with Crippen molar-refractivity contribution in [3.8, 4) is 22.6 Å². The van der Waals surface area contributed by atoms with Gasteiger partial charge >= 0.3 is 0 Å². The van der Waals surface area contributed by atoms with Gasteiger partial charge in [0.1, 0.15) is 11.6 Å². The van der Waals surface area contributed by atoms with Crippen LogP contribution in [0.25, 0.3) is 21.9 Å². The third-order valence-corrected chi connectivity index (χ3v) is 6.92. The number of aromatic nitrogens is 1. The van der Waals surface area contributed by atoms with Crippen molar-refractivity contribution in [3.05, 3.63) is 88.8 Å². The second-order valence-electron chi connectivity index (χ2n) is 7.24. The number of hydrogen-bond donors (Lipinski definition) is 0. The van der Waals surface area contributed by atoms with E-state index in [-0.39, 0.29) is 27.7 Å². The van der Waals surface area contributed by atoms with Gasteiger partial charge in [-0.15, -0.1) is 0 Å². The Kier molecular flexibility index (Phi) is 5.56. The van der Waals surface area contributed by atoms with E-state index in [1.807, 2.05) is 0 Å². The van der Waals surface area contributed by atoms with Gasteiger partial charge in [0.15, 0.2) is 21.4 Å². The summed E-state index contributed by atoms with van der Waals surface area (Å²) in [5.74, 6) is -1.80. The number of sulfone groups is 1. The molecular formula is C24H19F2NO4S. The fourth-order valence-electron chi connectivity index (χ4n) is 3.48. The van der Waals surface area contributed by atoms with Crippen LogP contribution in [0.15, 0.2) is 76.6 Å². The maximum atomic E-state index is 14.3. The lowest BCUT2D eigenvalue weighted by molar-refractivity contribution is 0.438. The summed E-state index contributed by atoms with van der Waals surface area (Å²) in [7, 11) is -1.96. The molecule has 0 saturated heterocycles. The molecule has 0 aliphatic carbocycles. The van der Waals surface area contributed by atoms with E-state index in [2.05, 4.69) is 0 Å². The molecule has 4 rings (SSSR count). The molecule has 3 aromatic carbocycles. The Morgan fingerprint density at radius 2 is 1.59 bits per heavy atom. The number of fused-ring (bicyclic) bond motifs is 1. The van der Waals surface area contributed by atoms with E-state index >= 15 is 0 Å². The first-order valence-corrected chi connectivity index (χ1v) is 11.4. The van der Waals surface area contributed by atoms with Crippen LogP contribution in [0.2, 0.25) is 0 Å². The van der Waals surface area contributed by atoms with Crippen LogP contribution in [0.4, 0.5) is 8.78 Å². The van der Waals surface area contributed by atoms with Gasteiger partial charge in [0.25, 0.3) is 5.56 Å². The lowest BCUT2D eigenvalue weighted by Crippen LogP contribution is -2.16. The molecule has 0 spiro atoms. The zero-order valence-corrected chi connectivity index (χ0v) is 18.1. The van der Waals surface area contributed by atoms with Crippen molar-refractivity contribution in [3.63, 3.8) is 0 Å². The van der Waals surface area contributed by atoms with E-state index in [0.717, 1.165) is 12.1 Å². The molecule has 164 valence electrons. The molecular weight excluding hydrogens is 436 g/mol. The molecule has 0 saturated carbocycles. The summed E-state index contributed by atoms with van der Waals surface area (Å²) in [6, 6.07) is 14.1. The minimum Gasteiger partial charge on any atom is -0.454 e. The van der Waals surface area contributed by atoms with Crippen molar-refractivity contribution in [1.29, 1.82) is 0 Å².